The molecule has 1 aliphatic heterocycles. The SMILES string of the molecule is c1ccc2c(c1)Sc1ccc(-c3ccc(-c4cccc5ccccc45)nn3)cc1C21c2ccccc2-c2ccccc21. The van der Waals surface area contributed by atoms with Crippen LogP contribution in [0.25, 0.3) is 44.4 Å². The molecule has 6 aromatic carbocycles. The number of aromatic nitrogens is 2. The zero-order valence-corrected chi connectivity index (χ0v) is 23.5. The summed E-state index contributed by atoms with van der Waals surface area (Å²) in [5.41, 5.74) is 11.5. The van der Waals surface area contributed by atoms with E-state index in [9.17, 15) is 0 Å². The van der Waals surface area contributed by atoms with Crippen molar-refractivity contribution >= 4 is 22.5 Å². The summed E-state index contributed by atoms with van der Waals surface area (Å²) in [6.07, 6.45) is 0. The second kappa shape index (κ2) is 9.01. The molecule has 1 spiro atoms. The lowest BCUT2D eigenvalue weighted by Gasteiger charge is -2.39. The van der Waals surface area contributed by atoms with Gasteiger partial charge in [0.1, 0.15) is 0 Å². The minimum Gasteiger partial charge on any atom is -0.150 e. The monoisotopic (exact) mass is 552 g/mol. The van der Waals surface area contributed by atoms with Crippen molar-refractivity contribution in [3.63, 3.8) is 0 Å². The van der Waals surface area contributed by atoms with Gasteiger partial charge in [-0.3, -0.25) is 0 Å². The first-order valence-corrected chi connectivity index (χ1v) is 15.1. The third-order valence-electron chi connectivity index (χ3n) is 8.87. The van der Waals surface area contributed by atoms with Gasteiger partial charge in [0, 0.05) is 20.9 Å². The second-order valence-electron chi connectivity index (χ2n) is 11.0. The molecule has 1 aromatic heterocycles. The van der Waals surface area contributed by atoms with E-state index >= 15 is 0 Å². The van der Waals surface area contributed by atoms with Crippen molar-refractivity contribution in [2.24, 2.45) is 0 Å². The summed E-state index contributed by atoms with van der Waals surface area (Å²) in [6, 6.07) is 52.6. The normalized spacial score (nSPS) is 13.8. The Morgan fingerprint density at radius 3 is 1.81 bits per heavy atom. The van der Waals surface area contributed by atoms with E-state index in [1.807, 2.05) is 11.8 Å². The molecule has 2 aliphatic rings. The molecule has 0 amide bonds. The Morgan fingerprint density at radius 2 is 1.02 bits per heavy atom. The molecule has 0 N–H and O–H groups in total. The number of benzene rings is 6. The highest BCUT2D eigenvalue weighted by Crippen LogP contribution is 2.62. The van der Waals surface area contributed by atoms with E-state index in [1.54, 1.807) is 0 Å². The Hall–Kier alpha value is -4.99. The average molecular weight is 553 g/mol. The van der Waals surface area contributed by atoms with Gasteiger partial charge in [-0.05, 0) is 74.5 Å². The van der Waals surface area contributed by atoms with Crippen LogP contribution in [0, 0.1) is 0 Å². The fourth-order valence-electron chi connectivity index (χ4n) is 7.09. The standard InChI is InChI=1S/C39H24N2S/c1-2-12-27-25(10-1)11-9-15-30(27)36-22-21-35(40-41-36)26-20-23-38-34(24-26)39(33-18-7-8-19-37(33)42-38)31-16-5-3-13-28(31)29-14-4-6-17-32(29)39/h1-24H. The molecule has 1 aliphatic carbocycles. The third kappa shape index (κ3) is 3.23. The van der Waals surface area contributed by atoms with Crippen molar-refractivity contribution in [3.8, 4) is 33.6 Å². The Bertz CT molecular complexity index is 2130. The predicted octanol–water partition coefficient (Wildman–Crippen LogP) is 9.79. The Kier molecular flexibility index (Phi) is 5.08. The lowest BCUT2D eigenvalue weighted by atomic mass is 9.67. The molecule has 0 bridgehead atoms. The van der Waals surface area contributed by atoms with Crippen molar-refractivity contribution in [2.75, 3.05) is 0 Å². The Labute approximate surface area is 248 Å². The molecule has 0 fully saturated rings. The van der Waals surface area contributed by atoms with Gasteiger partial charge in [0.15, 0.2) is 0 Å². The van der Waals surface area contributed by atoms with E-state index in [2.05, 4.69) is 146 Å². The summed E-state index contributed by atoms with van der Waals surface area (Å²) in [7, 11) is 0. The molecule has 196 valence electrons. The van der Waals surface area contributed by atoms with Gasteiger partial charge in [-0.1, -0.05) is 127 Å². The fourth-order valence-corrected chi connectivity index (χ4v) is 8.27. The van der Waals surface area contributed by atoms with Crippen LogP contribution in [0.5, 0.6) is 0 Å². The molecule has 0 saturated carbocycles. The number of nitrogens with zero attached hydrogens (tertiary/aromatic N) is 2. The van der Waals surface area contributed by atoms with E-state index in [0.717, 1.165) is 22.5 Å². The van der Waals surface area contributed by atoms with Crippen LogP contribution in [0.4, 0.5) is 0 Å². The highest BCUT2D eigenvalue weighted by molar-refractivity contribution is 7.99. The highest BCUT2D eigenvalue weighted by atomic mass is 32.2. The molecule has 2 heterocycles. The van der Waals surface area contributed by atoms with E-state index in [4.69, 9.17) is 10.2 Å². The summed E-state index contributed by atoms with van der Waals surface area (Å²) < 4.78 is 0. The molecule has 0 unspecified atom stereocenters. The molecule has 0 radical (unpaired) electrons. The first kappa shape index (κ1) is 23.7. The summed E-state index contributed by atoms with van der Waals surface area (Å²) in [5, 5.41) is 11.9. The van der Waals surface area contributed by atoms with Gasteiger partial charge >= 0.3 is 0 Å². The average Bonchev–Trinajstić information content (AvgIpc) is 3.35. The first-order valence-electron chi connectivity index (χ1n) is 14.3. The summed E-state index contributed by atoms with van der Waals surface area (Å²) in [6.45, 7) is 0. The molecular formula is C39H24N2S. The number of hydrogen-bond donors (Lipinski definition) is 0. The van der Waals surface area contributed by atoms with Crippen LogP contribution in [-0.2, 0) is 5.41 Å². The van der Waals surface area contributed by atoms with Crippen LogP contribution in [0.15, 0.2) is 155 Å². The van der Waals surface area contributed by atoms with Gasteiger partial charge in [-0.15, -0.1) is 10.2 Å². The van der Waals surface area contributed by atoms with Crippen LogP contribution in [0.2, 0.25) is 0 Å². The van der Waals surface area contributed by atoms with Gasteiger partial charge in [-0.25, -0.2) is 0 Å². The van der Waals surface area contributed by atoms with E-state index < -0.39 is 5.41 Å². The van der Waals surface area contributed by atoms with E-state index in [-0.39, 0.29) is 0 Å². The largest absolute Gasteiger partial charge is 0.150 e. The van der Waals surface area contributed by atoms with Crippen LogP contribution in [0.3, 0.4) is 0 Å². The van der Waals surface area contributed by atoms with Gasteiger partial charge < -0.3 is 0 Å². The molecule has 7 aromatic rings. The maximum Gasteiger partial charge on any atom is 0.0936 e. The number of hydrogen-bond acceptors (Lipinski definition) is 3. The zero-order chi connectivity index (χ0) is 27.7. The van der Waals surface area contributed by atoms with Gasteiger partial charge in [0.25, 0.3) is 0 Å². The highest BCUT2D eigenvalue weighted by Gasteiger charge is 2.50. The maximum atomic E-state index is 4.77. The molecule has 42 heavy (non-hydrogen) atoms. The van der Waals surface area contributed by atoms with Crippen LogP contribution in [0.1, 0.15) is 22.3 Å². The number of fused-ring (bicyclic) bond motifs is 10. The van der Waals surface area contributed by atoms with E-state index in [0.29, 0.717) is 0 Å². The predicted molar refractivity (Wildman–Crippen MR) is 172 cm³/mol. The van der Waals surface area contributed by atoms with Crippen LogP contribution in [-0.4, -0.2) is 10.2 Å². The zero-order valence-electron chi connectivity index (χ0n) is 22.7. The Morgan fingerprint density at radius 1 is 0.429 bits per heavy atom. The lowest BCUT2D eigenvalue weighted by Crippen LogP contribution is -2.32. The summed E-state index contributed by atoms with van der Waals surface area (Å²) >= 11 is 1.86. The van der Waals surface area contributed by atoms with Crippen molar-refractivity contribution in [2.45, 2.75) is 15.2 Å². The van der Waals surface area contributed by atoms with Gasteiger partial charge in [-0.2, -0.15) is 0 Å². The quantitative estimate of drug-likeness (QED) is 0.213. The van der Waals surface area contributed by atoms with Crippen molar-refractivity contribution in [1.82, 2.24) is 10.2 Å². The minimum atomic E-state index is -0.392. The van der Waals surface area contributed by atoms with Crippen molar-refractivity contribution < 1.29 is 0 Å². The topological polar surface area (TPSA) is 25.8 Å². The maximum absolute atomic E-state index is 4.77. The van der Waals surface area contributed by atoms with E-state index in [1.165, 1.54) is 53.9 Å². The van der Waals surface area contributed by atoms with Crippen LogP contribution >= 0.6 is 11.8 Å². The smallest absolute Gasteiger partial charge is 0.0936 e. The van der Waals surface area contributed by atoms with Gasteiger partial charge in [0.05, 0.1) is 16.8 Å². The Balaban J connectivity index is 1.24. The third-order valence-corrected chi connectivity index (χ3v) is 10.0. The molecule has 3 heteroatoms. The van der Waals surface area contributed by atoms with Crippen LogP contribution < -0.4 is 0 Å². The number of rotatable bonds is 2. The first-order chi connectivity index (χ1) is 20.8. The lowest BCUT2D eigenvalue weighted by molar-refractivity contribution is 0.722. The van der Waals surface area contributed by atoms with Crippen molar-refractivity contribution in [1.29, 1.82) is 0 Å². The molecular weight excluding hydrogens is 529 g/mol. The minimum absolute atomic E-state index is 0.392. The summed E-state index contributed by atoms with van der Waals surface area (Å²) in [5.74, 6) is 0. The summed E-state index contributed by atoms with van der Waals surface area (Å²) in [4.78, 5) is 2.59. The molecule has 0 atom stereocenters. The van der Waals surface area contributed by atoms with Gasteiger partial charge in [0.2, 0.25) is 0 Å². The molecule has 2 nitrogen and oxygen atoms in total. The second-order valence-corrected chi connectivity index (χ2v) is 12.1. The molecule has 9 rings (SSSR count). The fraction of sp³-hybridized carbons (Fsp3) is 0.0256. The molecule has 0 saturated heterocycles. The van der Waals surface area contributed by atoms with Crippen molar-refractivity contribution in [3.05, 3.63) is 168 Å².